The molecule has 2 rings (SSSR count). The molecule has 1 heterocycles. The number of hydrogen-bond acceptors (Lipinski definition) is 5. The molecule has 1 aliphatic rings. The lowest BCUT2D eigenvalue weighted by molar-refractivity contribution is -0.385. The summed E-state index contributed by atoms with van der Waals surface area (Å²) in [4.78, 5) is 23.6. The van der Waals surface area contributed by atoms with Gasteiger partial charge in [-0.15, -0.1) is 0 Å². The molecule has 1 aromatic rings. The zero-order valence-corrected chi connectivity index (χ0v) is 12.7. The van der Waals surface area contributed by atoms with Crippen molar-refractivity contribution in [3.63, 3.8) is 0 Å². The van der Waals surface area contributed by atoms with Gasteiger partial charge in [0.1, 0.15) is 0 Å². The molecule has 1 fully saturated rings. The van der Waals surface area contributed by atoms with E-state index in [-0.39, 0.29) is 17.3 Å². The molecule has 1 aromatic carbocycles. The van der Waals surface area contributed by atoms with Crippen LogP contribution in [0, 0.1) is 16.0 Å². The van der Waals surface area contributed by atoms with E-state index >= 15 is 0 Å². The number of carbonyl (C=O) groups is 1. The average Bonchev–Trinajstić information content (AvgIpc) is 2.52. The third-order valence-electron chi connectivity index (χ3n) is 4.04. The van der Waals surface area contributed by atoms with E-state index in [1.165, 1.54) is 13.2 Å². The van der Waals surface area contributed by atoms with Crippen molar-refractivity contribution in [2.75, 3.05) is 25.1 Å². The molecule has 0 aliphatic carbocycles. The predicted molar refractivity (Wildman–Crippen MR) is 83.0 cm³/mol. The number of rotatable bonds is 6. The van der Waals surface area contributed by atoms with E-state index in [1.54, 1.807) is 12.1 Å². The summed E-state index contributed by atoms with van der Waals surface area (Å²) in [5.74, 6) is 0.415. The summed E-state index contributed by atoms with van der Waals surface area (Å²) < 4.78 is 5.11. The first kappa shape index (κ1) is 16.1. The maximum atomic E-state index is 10.9. The number of nitrogens with two attached hydrogens (primary N) is 1. The van der Waals surface area contributed by atoms with E-state index in [0.717, 1.165) is 38.0 Å². The molecule has 1 aliphatic heterocycles. The number of methoxy groups -OCH3 is 1. The van der Waals surface area contributed by atoms with Crippen molar-refractivity contribution in [3.8, 4) is 5.75 Å². The van der Waals surface area contributed by atoms with Gasteiger partial charge in [0.05, 0.1) is 12.0 Å². The molecule has 1 saturated heterocycles. The minimum Gasteiger partial charge on any atom is -0.490 e. The Morgan fingerprint density at radius 2 is 2.32 bits per heavy atom. The number of nitro benzene ring substituents is 1. The van der Waals surface area contributed by atoms with Crippen molar-refractivity contribution < 1.29 is 14.5 Å². The highest BCUT2D eigenvalue weighted by Gasteiger charge is 2.23. The number of amides is 1. The second-order valence-electron chi connectivity index (χ2n) is 5.57. The maximum Gasteiger partial charge on any atom is 0.311 e. The number of carbonyl (C=O) groups excluding carboxylic acids is 1. The molecule has 7 heteroatoms. The number of ether oxygens (including phenoxy) is 1. The summed E-state index contributed by atoms with van der Waals surface area (Å²) in [7, 11) is 1.43. The fourth-order valence-corrected chi connectivity index (χ4v) is 2.90. The van der Waals surface area contributed by atoms with Gasteiger partial charge in [0.25, 0.3) is 0 Å². The van der Waals surface area contributed by atoms with Crippen LogP contribution in [0.4, 0.5) is 11.4 Å². The third kappa shape index (κ3) is 3.87. The lowest BCUT2D eigenvalue weighted by Gasteiger charge is -2.34. The number of piperidine rings is 1. The van der Waals surface area contributed by atoms with E-state index in [0.29, 0.717) is 12.3 Å². The van der Waals surface area contributed by atoms with Crippen LogP contribution >= 0.6 is 0 Å². The number of nitro groups is 1. The second-order valence-corrected chi connectivity index (χ2v) is 5.57. The van der Waals surface area contributed by atoms with E-state index < -0.39 is 4.92 Å². The normalized spacial score (nSPS) is 18.0. The number of primary amides is 1. The highest BCUT2D eigenvalue weighted by atomic mass is 16.6. The van der Waals surface area contributed by atoms with Gasteiger partial charge in [-0.25, -0.2) is 0 Å². The first-order valence-electron chi connectivity index (χ1n) is 7.37. The summed E-state index contributed by atoms with van der Waals surface area (Å²) in [6.45, 7) is 1.72. The van der Waals surface area contributed by atoms with E-state index in [4.69, 9.17) is 10.5 Å². The highest BCUT2D eigenvalue weighted by molar-refractivity contribution is 5.73. The van der Waals surface area contributed by atoms with Crippen LogP contribution in [-0.4, -0.2) is 31.0 Å². The molecule has 2 N–H and O–H groups in total. The summed E-state index contributed by atoms with van der Waals surface area (Å²) in [5, 5.41) is 10.9. The van der Waals surface area contributed by atoms with Gasteiger partial charge >= 0.3 is 5.69 Å². The van der Waals surface area contributed by atoms with Crippen molar-refractivity contribution in [2.24, 2.45) is 11.7 Å². The zero-order valence-electron chi connectivity index (χ0n) is 12.7. The molecule has 120 valence electrons. The van der Waals surface area contributed by atoms with Crippen LogP contribution in [0.15, 0.2) is 18.2 Å². The summed E-state index contributed by atoms with van der Waals surface area (Å²) >= 11 is 0. The Kier molecular flexibility index (Phi) is 5.19. The number of hydrogen-bond donors (Lipinski definition) is 1. The van der Waals surface area contributed by atoms with Gasteiger partial charge in [0.15, 0.2) is 5.75 Å². The topological polar surface area (TPSA) is 98.7 Å². The Bertz CT molecular complexity index is 562. The molecule has 1 amide bonds. The molecule has 0 unspecified atom stereocenters. The predicted octanol–water partition coefficient (Wildman–Crippen LogP) is 2.09. The van der Waals surface area contributed by atoms with E-state index in [2.05, 4.69) is 4.90 Å². The van der Waals surface area contributed by atoms with Crippen molar-refractivity contribution in [2.45, 2.75) is 25.7 Å². The Morgan fingerprint density at radius 1 is 1.55 bits per heavy atom. The molecule has 0 bridgehead atoms. The Morgan fingerprint density at radius 3 is 2.95 bits per heavy atom. The van der Waals surface area contributed by atoms with Crippen LogP contribution < -0.4 is 15.4 Å². The van der Waals surface area contributed by atoms with Crippen molar-refractivity contribution >= 4 is 17.3 Å². The SMILES string of the molecule is COc1cc(N2CCC[C@H](CCC(N)=O)C2)ccc1[N+](=O)[O-]. The first-order valence-corrected chi connectivity index (χ1v) is 7.37. The van der Waals surface area contributed by atoms with Crippen molar-refractivity contribution in [1.82, 2.24) is 0 Å². The molecule has 0 spiro atoms. The summed E-state index contributed by atoms with van der Waals surface area (Å²) in [5.41, 5.74) is 6.08. The maximum absolute atomic E-state index is 10.9. The quantitative estimate of drug-likeness (QED) is 0.641. The molecule has 7 nitrogen and oxygen atoms in total. The van der Waals surface area contributed by atoms with Gasteiger partial charge in [0.2, 0.25) is 5.91 Å². The monoisotopic (exact) mass is 307 g/mol. The van der Waals surface area contributed by atoms with Crippen LogP contribution in [0.2, 0.25) is 0 Å². The van der Waals surface area contributed by atoms with Crippen LogP contribution in [0.5, 0.6) is 5.75 Å². The Balaban J connectivity index is 2.10. The standard InChI is InChI=1S/C15H21N3O4/c1-22-14-9-12(5-6-13(14)18(20)21)17-8-2-3-11(10-17)4-7-15(16)19/h5-6,9,11H,2-4,7-8,10H2,1H3,(H2,16,19)/t11-/m1/s1. The van der Waals surface area contributed by atoms with E-state index in [9.17, 15) is 14.9 Å². The lowest BCUT2D eigenvalue weighted by atomic mass is 9.93. The first-order chi connectivity index (χ1) is 10.5. The number of anilines is 1. The highest BCUT2D eigenvalue weighted by Crippen LogP contribution is 2.33. The Hall–Kier alpha value is -2.31. The van der Waals surface area contributed by atoms with Crippen LogP contribution in [-0.2, 0) is 4.79 Å². The van der Waals surface area contributed by atoms with Crippen molar-refractivity contribution in [1.29, 1.82) is 0 Å². The second kappa shape index (κ2) is 7.11. The summed E-state index contributed by atoms with van der Waals surface area (Å²) in [6, 6.07) is 4.92. The van der Waals surface area contributed by atoms with Gasteiger partial charge in [-0.2, -0.15) is 0 Å². The zero-order chi connectivity index (χ0) is 16.1. The van der Waals surface area contributed by atoms with Crippen LogP contribution in [0.25, 0.3) is 0 Å². The van der Waals surface area contributed by atoms with Crippen molar-refractivity contribution in [3.05, 3.63) is 28.3 Å². The summed E-state index contributed by atoms with van der Waals surface area (Å²) in [6.07, 6.45) is 3.30. The van der Waals surface area contributed by atoms with Gasteiger partial charge in [-0.3, -0.25) is 14.9 Å². The van der Waals surface area contributed by atoms with Crippen LogP contribution in [0.1, 0.15) is 25.7 Å². The van der Waals surface area contributed by atoms with Gasteiger partial charge < -0.3 is 15.4 Å². The largest absolute Gasteiger partial charge is 0.490 e. The fraction of sp³-hybridized carbons (Fsp3) is 0.533. The molecule has 0 aromatic heterocycles. The minimum atomic E-state index is -0.450. The van der Waals surface area contributed by atoms with Crippen LogP contribution in [0.3, 0.4) is 0 Å². The fourth-order valence-electron chi connectivity index (χ4n) is 2.90. The molecular weight excluding hydrogens is 286 g/mol. The third-order valence-corrected chi connectivity index (χ3v) is 4.04. The average molecular weight is 307 g/mol. The van der Waals surface area contributed by atoms with Gasteiger partial charge in [-0.1, -0.05) is 0 Å². The molecule has 0 radical (unpaired) electrons. The van der Waals surface area contributed by atoms with Gasteiger partial charge in [-0.05, 0) is 31.2 Å². The number of nitrogens with zero attached hydrogens (tertiary/aromatic N) is 2. The van der Waals surface area contributed by atoms with E-state index in [1.807, 2.05) is 0 Å². The molecule has 1 atom stereocenters. The van der Waals surface area contributed by atoms with Gasteiger partial charge in [0, 0.05) is 37.3 Å². The molecular formula is C15H21N3O4. The smallest absolute Gasteiger partial charge is 0.311 e. The Labute approximate surface area is 129 Å². The minimum absolute atomic E-state index is 0.0338. The molecule has 0 saturated carbocycles. The lowest BCUT2D eigenvalue weighted by Crippen LogP contribution is -2.35. The molecule has 22 heavy (non-hydrogen) atoms. The number of benzene rings is 1.